The van der Waals surface area contributed by atoms with Gasteiger partial charge in [0.1, 0.15) is 11.5 Å². The number of aryl methyl sites for hydroxylation is 1. The summed E-state index contributed by atoms with van der Waals surface area (Å²) < 4.78 is 5.25. The number of aromatic nitrogens is 2. The van der Waals surface area contributed by atoms with E-state index in [0.717, 1.165) is 11.3 Å². The number of carbonyl (C=O) groups is 1. The molecule has 0 radical (unpaired) electrons. The van der Waals surface area contributed by atoms with Crippen LogP contribution < -0.4 is 10.6 Å². The van der Waals surface area contributed by atoms with Crippen LogP contribution in [0, 0.1) is 6.92 Å². The summed E-state index contributed by atoms with van der Waals surface area (Å²) in [5.74, 6) is 0.883. The first-order valence-electron chi connectivity index (χ1n) is 7.75. The summed E-state index contributed by atoms with van der Waals surface area (Å²) in [4.78, 5) is 20.9. The van der Waals surface area contributed by atoms with E-state index < -0.39 is 0 Å². The summed E-state index contributed by atoms with van der Waals surface area (Å²) in [7, 11) is 0. The van der Waals surface area contributed by atoms with Crippen molar-refractivity contribution in [1.82, 2.24) is 15.3 Å². The lowest BCUT2D eigenvalue weighted by Crippen LogP contribution is -2.24. The highest BCUT2D eigenvalue weighted by Gasteiger charge is 2.11. The first kappa shape index (κ1) is 17.0. The smallest absolute Gasteiger partial charge is 0.270 e. The average molecular weight is 357 g/mol. The number of rotatable bonds is 6. The zero-order valence-electron chi connectivity index (χ0n) is 13.6. The van der Waals surface area contributed by atoms with Crippen molar-refractivity contribution < 1.29 is 9.21 Å². The van der Waals surface area contributed by atoms with Crippen molar-refractivity contribution in [3.8, 4) is 0 Å². The molecule has 2 aromatic heterocycles. The maximum absolute atomic E-state index is 12.3. The molecule has 0 bridgehead atoms. The Balaban J connectivity index is 1.64. The number of furan rings is 1. The molecule has 0 saturated heterocycles. The first-order chi connectivity index (χ1) is 12.1. The molecule has 1 aromatic carbocycles. The second-order valence-corrected chi connectivity index (χ2v) is 5.90. The Hall–Kier alpha value is -2.86. The Labute approximate surface area is 150 Å². The highest BCUT2D eigenvalue weighted by Crippen LogP contribution is 2.10. The van der Waals surface area contributed by atoms with Gasteiger partial charge < -0.3 is 15.1 Å². The molecule has 0 spiro atoms. The summed E-state index contributed by atoms with van der Waals surface area (Å²) in [6, 6.07) is 12.6. The van der Waals surface area contributed by atoms with Gasteiger partial charge in [0.2, 0.25) is 5.95 Å². The van der Waals surface area contributed by atoms with Crippen LogP contribution in [0.4, 0.5) is 5.95 Å². The Bertz CT molecular complexity index is 848. The fourth-order valence-electron chi connectivity index (χ4n) is 2.22. The molecule has 0 saturated carbocycles. The van der Waals surface area contributed by atoms with Crippen molar-refractivity contribution in [2.24, 2.45) is 0 Å². The summed E-state index contributed by atoms with van der Waals surface area (Å²) in [5.41, 5.74) is 1.97. The molecule has 3 rings (SSSR count). The molecular weight excluding hydrogens is 340 g/mol. The lowest BCUT2D eigenvalue weighted by molar-refractivity contribution is 0.0945. The number of nitrogens with zero attached hydrogens (tertiary/aromatic N) is 2. The molecule has 0 aliphatic rings. The Morgan fingerprint density at radius 1 is 1.16 bits per heavy atom. The highest BCUT2D eigenvalue weighted by atomic mass is 35.5. The Kier molecular flexibility index (Phi) is 5.30. The van der Waals surface area contributed by atoms with E-state index in [4.69, 9.17) is 16.0 Å². The quantitative estimate of drug-likeness (QED) is 0.705. The van der Waals surface area contributed by atoms with E-state index in [1.807, 2.05) is 31.2 Å². The minimum absolute atomic E-state index is 0.263. The van der Waals surface area contributed by atoms with Crippen LogP contribution in [-0.2, 0) is 13.1 Å². The molecule has 0 unspecified atom stereocenters. The molecule has 0 aliphatic heterocycles. The van der Waals surface area contributed by atoms with E-state index in [-0.39, 0.29) is 5.91 Å². The fourth-order valence-corrected chi connectivity index (χ4v) is 2.34. The van der Waals surface area contributed by atoms with Gasteiger partial charge in [0.05, 0.1) is 12.8 Å². The van der Waals surface area contributed by atoms with E-state index >= 15 is 0 Å². The molecule has 128 valence electrons. The van der Waals surface area contributed by atoms with Gasteiger partial charge in [0, 0.05) is 17.3 Å². The predicted octanol–water partition coefficient (Wildman–Crippen LogP) is 3.57. The SMILES string of the molecule is Cc1cc(C(=O)NCc2ccc(Cl)cc2)nc(NCc2ccco2)n1. The normalized spacial score (nSPS) is 10.5. The number of anilines is 1. The van der Waals surface area contributed by atoms with Gasteiger partial charge in [-0.25, -0.2) is 9.97 Å². The molecule has 7 heteroatoms. The molecule has 25 heavy (non-hydrogen) atoms. The van der Waals surface area contributed by atoms with Crippen LogP contribution in [0.25, 0.3) is 0 Å². The number of carbonyl (C=O) groups excluding carboxylic acids is 1. The van der Waals surface area contributed by atoms with Crippen molar-refractivity contribution in [3.05, 3.63) is 76.5 Å². The van der Waals surface area contributed by atoms with Gasteiger partial charge in [-0.05, 0) is 42.8 Å². The molecule has 1 amide bonds. The van der Waals surface area contributed by atoms with Gasteiger partial charge in [-0.3, -0.25) is 4.79 Å². The third-order valence-electron chi connectivity index (χ3n) is 3.45. The summed E-state index contributed by atoms with van der Waals surface area (Å²) in [6.07, 6.45) is 1.60. The first-order valence-corrected chi connectivity index (χ1v) is 8.12. The fraction of sp³-hybridized carbons (Fsp3) is 0.167. The second-order valence-electron chi connectivity index (χ2n) is 5.46. The second kappa shape index (κ2) is 7.81. The Morgan fingerprint density at radius 2 is 1.96 bits per heavy atom. The molecule has 0 fully saturated rings. The van der Waals surface area contributed by atoms with Crippen LogP contribution in [0.15, 0.2) is 53.1 Å². The standard InChI is InChI=1S/C18H17ClN4O2/c1-12-9-16(17(24)20-10-13-4-6-14(19)7-5-13)23-18(22-12)21-11-15-3-2-8-25-15/h2-9H,10-11H2,1H3,(H,20,24)(H,21,22,23). The average Bonchev–Trinajstić information content (AvgIpc) is 3.12. The van der Waals surface area contributed by atoms with Crippen LogP contribution in [0.3, 0.4) is 0 Å². The van der Waals surface area contributed by atoms with Crippen LogP contribution >= 0.6 is 11.6 Å². The van der Waals surface area contributed by atoms with Gasteiger partial charge in [-0.2, -0.15) is 0 Å². The third kappa shape index (κ3) is 4.81. The van der Waals surface area contributed by atoms with Crippen LogP contribution in [0.5, 0.6) is 0 Å². The summed E-state index contributed by atoms with van der Waals surface area (Å²) in [6.45, 7) is 2.66. The molecule has 6 nitrogen and oxygen atoms in total. The van der Waals surface area contributed by atoms with Crippen LogP contribution in [-0.4, -0.2) is 15.9 Å². The number of amides is 1. The van der Waals surface area contributed by atoms with Crippen molar-refractivity contribution in [1.29, 1.82) is 0 Å². The van der Waals surface area contributed by atoms with E-state index in [1.165, 1.54) is 0 Å². The van der Waals surface area contributed by atoms with Gasteiger partial charge in [-0.1, -0.05) is 23.7 Å². The molecule has 2 N–H and O–H groups in total. The zero-order valence-corrected chi connectivity index (χ0v) is 14.4. The van der Waals surface area contributed by atoms with E-state index in [2.05, 4.69) is 20.6 Å². The monoisotopic (exact) mass is 356 g/mol. The minimum Gasteiger partial charge on any atom is -0.467 e. The van der Waals surface area contributed by atoms with Crippen molar-refractivity contribution in [2.75, 3.05) is 5.32 Å². The van der Waals surface area contributed by atoms with E-state index in [1.54, 1.807) is 24.5 Å². The van der Waals surface area contributed by atoms with Crippen molar-refractivity contribution in [2.45, 2.75) is 20.0 Å². The molecule has 2 heterocycles. The Morgan fingerprint density at radius 3 is 2.68 bits per heavy atom. The lowest BCUT2D eigenvalue weighted by Gasteiger charge is -2.08. The third-order valence-corrected chi connectivity index (χ3v) is 3.71. The van der Waals surface area contributed by atoms with Crippen molar-refractivity contribution >= 4 is 23.5 Å². The summed E-state index contributed by atoms with van der Waals surface area (Å²) >= 11 is 5.85. The molecular formula is C18H17ClN4O2. The van der Waals surface area contributed by atoms with Crippen LogP contribution in [0.2, 0.25) is 5.02 Å². The largest absolute Gasteiger partial charge is 0.467 e. The molecule has 0 atom stereocenters. The number of benzene rings is 1. The molecule has 3 aromatic rings. The van der Waals surface area contributed by atoms with Crippen LogP contribution in [0.1, 0.15) is 27.5 Å². The van der Waals surface area contributed by atoms with E-state index in [0.29, 0.717) is 35.4 Å². The highest BCUT2D eigenvalue weighted by molar-refractivity contribution is 6.30. The van der Waals surface area contributed by atoms with Gasteiger partial charge in [-0.15, -0.1) is 0 Å². The maximum Gasteiger partial charge on any atom is 0.270 e. The lowest BCUT2D eigenvalue weighted by atomic mass is 10.2. The topological polar surface area (TPSA) is 80.0 Å². The number of hydrogen-bond acceptors (Lipinski definition) is 5. The zero-order chi connectivity index (χ0) is 17.6. The van der Waals surface area contributed by atoms with E-state index in [9.17, 15) is 4.79 Å². The number of halogens is 1. The predicted molar refractivity (Wildman–Crippen MR) is 95.4 cm³/mol. The maximum atomic E-state index is 12.3. The van der Waals surface area contributed by atoms with Gasteiger partial charge in [0.15, 0.2) is 0 Å². The van der Waals surface area contributed by atoms with Crippen molar-refractivity contribution in [3.63, 3.8) is 0 Å². The van der Waals surface area contributed by atoms with Gasteiger partial charge in [0.25, 0.3) is 5.91 Å². The number of nitrogens with one attached hydrogen (secondary N) is 2. The summed E-state index contributed by atoms with van der Waals surface area (Å²) in [5, 5.41) is 6.55. The molecule has 0 aliphatic carbocycles. The number of hydrogen-bond donors (Lipinski definition) is 2. The van der Waals surface area contributed by atoms with Gasteiger partial charge >= 0.3 is 0 Å². The minimum atomic E-state index is -0.263.